The van der Waals surface area contributed by atoms with Crippen LogP contribution >= 0.6 is 0 Å². The Bertz CT molecular complexity index is 599. The van der Waals surface area contributed by atoms with Gasteiger partial charge in [0.2, 0.25) is 5.65 Å². The lowest BCUT2D eigenvalue weighted by Crippen LogP contribution is -2.29. The van der Waals surface area contributed by atoms with Gasteiger partial charge < -0.3 is 19.9 Å². The molecule has 3 heterocycles. The lowest BCUT2D eigenvalue weighted by Gasteiger charge is -2.19. The van der Waals surface area contributed by atoms with Crippen LogP contribution in [0.1, 0.15) is 12.5 Å². The summed E-state index contributed by atoms with van der Waals surface area (Å²) in [7, 11) is 3.17. The van der Waals surface area contributed by atoms with E-state index in [9.17, 15) is 0 Å². The fourth-order valence-electron chi connectivity index (χ4n) is 2.33. The van der Waals surface area contributed by atoms with E-state index >= 15 is 0 Å². The van der Waals surface area contributed by atoms with Gasteiger partial charge in [0.05, 0.1) is 12.6 Å². The van der Waals surface area contributed by atoms with Gasteiger partial charge in [0, 0.05) is 20.6 Å². The Morgan fingerprint density at radius 1 is 1.35 bits per heavy atom. The van der Waals surface area contributed by atoms with Gasteiger partial charge in [0.15, 0.2) is 17.6 Å². The van der Waals surface area contributed by atoms with Crippen LogP contribution < -0.4 is 5.73 Å². The van der Waals surface area contributed by atoms with Gasteiger partial charge in [-0.25, -0.2) is 9.97 Å². The maximum Gasteiger partial charge on any atom is 0.207 e. The van der Waals surface area contributed by atoms with Crippen LogP contribution in [0.15, 0.2) is 6.33 Å². The standard InChI is InChI=1S/C11H16N6O3/c1-18-11(19-2)7-3-6(4-20-7)17-15-8-9(12)13-5-14-10(8)16-17/h5-7,11H,3-4H2,1-2H3,(H2,12,13,14,16)/t6-,7-/m1/s1. The first-order valence-corrected chi connectivity index (χ1v) is 6.23. The summed E-state index contributed by atoms with van der Waals surface area (Å²) in [5.41, 5.74) is 6.74. The molecule has 0 amide bonds. The first-order chi connectivity index (χ1) is 9.72. The summed E-state index contributed by atoms with van der Waals surface area (Å²) < 4.78 is 16.1. The third-order valence-electron chi connectivity index (χ3n) is 3.33. The van der Waals surface area contributed by atoms with E-state index in [-0.39, 0.29) is 12.1 Å². The van der Waals surface area contributed by atoms with Gasteiger partial charge in [-0.2, -0.15) is 4.80 Å². The summed E-state index contributed by atoms with van der Waals surface area (Å²) in [5, 5.41) is 8.65. The van der Waals surface area contributed by atoms with Crippen molar-refractivity contribution in [3.05, 3.63) is 6.33 Å². The predicted octanol–water partition coefficient (Wildman–Crippen LogP) is -0.248. The van der Waals surface area contributed by atoms with Gasteiger partial charge in [0.25, 0.3) is 0 Å². The zero-order chi connectivity index (χ0) is 14.1. The number of fused-ring (bicyclic) bond motifs is 1. The number of hydrogen-bond acceptors (Lipinski definition) is 8. The van der Waals surface area contributed by atoms with Gasteiger partial charge in [-0.1, -0.05) is 0 Å². The Morgan fingerprint density at radius 2 is 2.15 bits per heavy atom. The third kappa shape index (κ3) is 2.19. The SMILES string of the molecule is COC(OC)[C@H]1C[C@@H](n2nc3ncnc(N)c3n2)CO1. The third-order valence-corrected chi connectivity index (χ3v) is 3.33. The highest BCUT2D eigenvalue weighted by Crippen LogP contribution is 2.27. The van der Waals surface area contributed by atoms with Crippen LogP contribution in [0.3, 0.4) is 0 Å². The van der Waals surface area contributed by atoms with Gasteiger partial charge in [-0.3, -0.25) is 0 Å². The Labute approximate surface area is 115 Å². The summed E-state index contributed by atoms with van der Waals surface area (Å²) >= 11 is 0. The molecule has 20 heavy (non-hydrogen) atoms. The molecule has 108 valence electrons. The van der Waals surface area contributed by atoms with Crippen LogP contribution in [0.2, 0.25) is 0 Å². The van der Waals surface area contributed by atoms with Crippen molar-refractivity contribution >= 4 is 17.0 Å². The number of nitrogens with zero attached hydrogens (tertiary/aromatic N) is 5. The van der Waals surface area contributed by atoms with E-state index < -0.39 is 6.29 Å². The summed E-state index contributed by atoms with van der Waals surface area (Å²) in [4.78, 5) is 9.52. The minimum atomic E-state index is -0.394. The van der Waals surface area contributed by atoms with Crippen molar-refractivity contribution in [3.8, 4) is 0 Å². The molecule has 0 bridgehead atoms. The Balaban J connectivity index is 1.81. The topological polar surface area (TPSA) is 110 Å². The number of rotatable bonds is 4. The molecule has 0 unspecified atom stereocenters. The summed E-state index contributed by atoms with van der Waals surface area (Å²) in [6.07, 6.45) is 1.53. The van der Waals surface area contributed by atoms with Crippen molar-refractivity contribution in [2.45, 2.75) is 24.9 Å². The summed E-state index contributed by atoms with van der Waals surface area (Å²) in [6, 6.07) is 0.00130. The lowest BCUT2D eigenvalue weighted by atomic mass is 10.2. The number of aromatic nitrogens is 5. The number of nitrogens with two attached hydrogens (primary N) is 1. The van der Waals surface area contributed by atoms with E-state index in [1.807, 2.05) is 0 Å². The molecule has 2 aromatic rings. The van der Waals surface area contributed by atoms with Crippen LogP contribution in [0, 0.1) is 0 Å². The number of nitrogen functional groups attached to an aromatic ring is 1. The van der Waals surface area contributed by atoms with E-state index in [2.05, 4.69) is 20.2 Å². The van der Waals surface area contributed by atoms with E-state index in [1.54, 1.807) is 19.0 Å². The maximum absolute atomic E-state index is 5.75. The molecule has 2 atom stereocenters. The van der Waals surface area contributed by atoms with E-state index in [0.29, 0.717) is 30.0 Å². The highest BCUT2D eigenvalue weighted by molar-refractivity contribution is 5.79. The van der Waals surface area contributed by atoms with Gasteiger partial charge in [-0.05, 0) is 0 Å². The molecular weight excluding hydrogens is 264 g/mol. The zero-order valence-electron chi connectivity index (χ0n) is 11.3. The number of methoxy groups -OCH3 is 2. The second kappa shape index (κ2) is 5.27. The van der Waals surface area contributed by atoms with Crippen LogP contribution in [0.5, 0.6) is 0 Å². The fraction of sp³-hybridized carbons (Fsp3) is 0.636. The van der Waals surface area contributed by atoms with Gasteiger partial charge in [0.1, 0.15) is 12.4 Å². The molecule has 2 N–H and O–H groups in total. The summed E-state index contributed by atoms with van der Waals surface area (Å²) in [5.74, 6) is 0.323. The molecule has 2 aromatic heterocycles. The molecule has 3 rings (SSSR count). The van der Waals surface area contributed by atoms with Crippen LogP contribution in [-0.2, 0) is 14.2 Å². The molecular formula is C11H16N6O3. The van der Waals surface area contributed by atoms with Crippen LogP contribution in [-0.4, -0.2) is 58.2 Å². The maximum atomic E-state index is 5.75. The highest BCUT2D eigenvalue weighted by Gasteiger charge is 2.34. The summed E-state index contributed by atoms with van der Waals surface area (Å²) in [6.45, 7) is 0.488. The first-order valence-electron chi connectivity index (χ1n) is 6.23. The average Bonchev–Trinajstić information content (AvgIpc) is 3.07. The second-order valence-corrected chi connectivity index (χ2v) is 4.55. The molecule has 9 heteroatoms. The zero-order valence-corrected chi connectivity index (χ0v) is 11.3. The predicted molar refractivity (Wildman–Crippen MR) is 68.7 cm³/mol. The van der Waals surface area contributed by atoms with Crippen LogP contribution in [0.25, 0.3) is 11.2 Å². The number of ether oxygens (including phenoxy) is 3. The molecule has 1 aliphatic heterocycles. The number of hydrogen-bond donors (Lipinski definition) is 1. The normalized spacial score (nSPS) is 22.9. The Hall–Kier alpha value is -1.84. The monoisotopic (exact) mass is 280 g/mol. The van der Waals surface area contributed by atoms with Crippen molar-refractivity contribution in [2.24, 2.45) is 0 Å². The minimum Gasteiger partial charge on any atom is -0.382 e. The Morgan fingerprint density at radius 3 is 2.85 bits per heavy atom. The Kier molecular flexibility index (Phi) is 3.47. The van der Waals surface area contributed by atoms with Crippen molar-refractivity contribution in [1.82, 2.24) is 25.0 Å². The first kappa shape index (κ1) is 13.2. The van der Waals surface area contributed by atoms with Crippen molar-refractivity contribution < 1.29 is 14.2 Å². The number of anilines is 1. The van der Waals surface area contributed by atoms with E-state index in [1.165, 1.54) is 6.33 Å². The smallest absolute Gasteiger partial charge is 0.207 e. The molecule has 0 aliphatic carbocycles. The van der Waals surface area contributed by atoms with Crippen molar-refractivity contribution in [3.63, 3.8) is 0 Å². The van der Waals surface area contributed by atoms with E-state index in [4.69, 9.17) is 19.9 Å². The second-order valence-electron chi connectivity index (χ2n) is 4.55. The molecule has 0 radical (unpaired) electrons. The molecule has 0 saturated carbocycles. The van der Waals surface area contributed by atoms with Crippen molar-refractivity contribution in [2.75, 3.05) is 26.6 Å². The van der Waals surface area contributed by atoms with E-state index in [0.717, 1.165) is 0 Å². The largest absolute Gasteiger partial charge is 0.382 e. The molecule has 0 spiro atoms. The van der Waals surface area contributed by atoms with Crippen LogP contribution in [0.4, 0.5) is 5.82 Å². The van der Waals surface area contributed by atoms with Gasteiger partial charge in [-0.15, -0.1) is 10.2 Å². The molecule has 0 aromatic carbocycles. The van der Waals surface area contributed by atoms with Gasteiger partial charge >= 0.3 is 0 Å². The quantitative estimate of drug-likeness (QED) is 0.763. The molecule has 1 fully saturated rings. The lowest BCUT2D eigenvalue weighted by molar-refractivity contribution is -0.167. The average molecular weight is 280 g/mol. The van der Waals surface area contributed by atoms with Crippen molar-refractivity contribution in [1.29, 1.82) is 0 Å². The highest BCUT2D eigenvalue weighted by atomic mass is 16.7. The molecule has 1 saturated heterocycles. The fourth-order valence-corrected chi connectivity index (χ4v) is 2.33. The molecule has 1 aliphatic rings. The minimum absolute atomic E-state index is 0.00130. The molecule has 9 nitrogen and oxygen atoms in total.